The highest BCUT2D eigenvalue weighted by Gasteiger charge is 2.31. The van der Waals surface area contributed by atoms with E-state index in [1.54, 1.807) is 12.1 Å². The molecule has 0 spiro atoms. The molecule has 0 bridgehead atoms. The second kappa shape index (κ2) is 10.4. The Bertz CT molecular complexity index is 1540. The zero-order valence-electron chi connectivity index (χ0n) is 20.6. The molecule has 0 saturated heterocycles. The molecule has 198 valence electrons. The fourth-order valence-electron chi connectivity index (χ4n) is 3.53. The Morgan fingerprint density at radius 1 is 0.947 bits per heavy atom. The van der Waals surface area contributed by atoms with Gasteiger partial charge in [0.1, 0.15) is 23.3 Å². The van der Waals surface area contributed by atoms with Gasteiger partial charge in [0.05, 0.1) is 21.7 Å². The maximum atomic E-state index is 12.9. The Morgan fingerprint density at radius 3 is 2.26 bits per heavy atom. The number of halogens is 4. The maximum absolute atomic E-state index is 12.9. The molecule has 1 N–H and O–H groups in total. The summed E-state index contributed by atoms with van der Waals surface area (Å²) in [6.45, 7) is 5.76. The lowest BCUT2D eigenvalue weighted by atomic mass is 9.87. The van der Waals surface area contributed by atoms with Crippen LogP contribution in [0.3, 0.4) is 0 Å². The number of hydrogen-bond donors (Lipinski definition) is 1. The zero-order chi connectivity index (χ0) is 27.7. The number of fused-ring (bicyclic) bond motifs is 1. The third-order valence-corrected chi connectivity index (χ3v) is 5.93. The van der Waals surface area contributed by atoms with Crippen LogP contribution in [0.2, 0.25) is 5.02 Å². The highest BCUT2D eigenvalue weighted by Crippen LogP contribution is 2.34. The number of alkyl halides is 3. The van der Waals surface area contributed by atoms with Gasteiger partial charge in [0.2, 0.25) is 11.2 Å². The number of carbonyl (C=O) groups is 1. The Hall–Kier alpha value is -3.98. The average molecular weight is 546 g/mol. The number of amides is 1. The summed E-state index contributed by atoms with van der Waals surface area (Å²) in [6.07, 6.45) is -3.40. The van der Waals surface area contributed by atoms with E-state index in [0.29, 0.717) is 5.75 Å². The van der Waals surface area contributed by atoms with E-state index in [1.165, 1.54) is 24.5 Å². The van der Waals surface area contributed by atoms with Gasteiger partial charge in [-0.3, -0.25) is 9.59 Å². The van der Waals surface area contributed by atoms with E-state index < -0.39 is 29.7 Å². The summed E-state index contributed by atoms with van der Waals surface area (Å²) >= 11 is 5.90. The minimum atomic E-state index is -4.59. The first-order valence-corrected chi connectivity index (χ1v) is 11.8. The molecule has 0 radical (unpaired) electrons. The van der Waals surface area contributed by atoms with E-state index in [-0.39, 0.29) is 38.6 Å². The standard InChI is InChI=1S/C28H23ClF3NO5/c1-27(2,3)16-4-7-18(8-5-16)38-24-14-37-23-13-19(9-10-20(23)26(24)35)36-15-25(34)33-22-12-17(28(30,31)32)6-11-21(22)29/h4-14H,15H2,1-3H3,(H,33,34). The van der Waals surface area contributed by atoms with Crippen LogP contribution in [0.15, 0.2) is 76.1 Å². The van der Waals surface area contributed by atoms with Crippen LogP contribution in [0.1, 0.15) is 31.9 Å². The third kappa shape index (κ3) is 6.28. The molecular formula is C28H23ClF3NO5. The predicted molar refractivity (Wildman–Crippen MR) is 138 cm³/mol. The van der Waals surface area contributed by atoms with E-state index in [4.69, 9.17) is 25.5 Å². The number of rotatable bonds is 6. The van der Waals surface area contributed by atoms with Crippen LogP contribution in [-0.4, -0.2) is 12.5 Å². The zero-order valence-corrected chi connectivity index (χ0v) is 21.4. The molecule has 10 heteroatoms. The molecular weight excluding hydrogens is 523 g/mol. The topological polar surface area (TPSA) is 77.8 Å². The van der Waals surface area contributed by atoms with Crippen molar-refractivity contribution in [1.29, 1.82) is 0 Å². The first-order chi connectivity index (χ1) is 17.8. The average Bonchev–Trinajstić information content (AvgIpc) is 2.85. The molecule has 4 rings (SSSR count). The Balaban J connectivity index is 1.43. The number of anilines is 1. The molecule has 0 saturated carbocycles. The second-order valence-corrected chi connectivity index (χ2v) is 9.90. The minimum absolute atomic E-state index is 0.00650. The van der Waals surface area contributed by atoms with Crippen LogP contribution in [0.4, 0.5) is 18.9 Å². The lowest BCUT2D eigenvalue weighted by Gasteiger charge is -2.19. The van der Waals surface area contributed by atoms with Gasteiger partial charge in [0.15, 0.2) is 6.61 Å². The lowest BCUT2D eigenvalue weighted by molar-refractivity contribution is -0.137. The highest BCUT2D eigenvalue weighted by molar-refractivity contribution is 6.33. The normalized spacial score (nSPS) is 11.9. The molecule has 6 nitrogen and oxygen atoms in total. The van der Waals surface area contributed by atoms with E-state index in [9.17, 15) is 22.8 Å². The quantitative estimate of drug-likeness (QED) is 0.270. The van der Waals surface area contributed by atoms with E-state index >= 15 is 0 Å². The Morgan fingerprint density at radius 2 is 1.61 bits per heavy atom. The first-order valence-electron chi connectivity index (χ1n) is 11.4. The van der Waals surface area contributed by atoms with Gasteiger partial charge in [-0.2, -0.15) is 13.2 Å². The van der Waals surface area contributed by atoms with Gasteiger partial charge in [0, 0.05) is 6.07 Å². The van der Waals surface area contributed by atoms with Crippen LogP contribution in [-0.2, 0) is 16.4 Å². The van der Waals surface area contributed by atoms with Crippen molar-refractivity contribution in [2.24, 2.45) is 0 Å². The maximum Gasteiger partial charge on any atom is 0.416 e. The number of nitrogens with one attached hydrogen (secondary N) is 1. The summed E-state index contributed by atoms with van der Waals surface area (Å²) in [6, 6.07) is 14.4. The highest BCUT2D eigenvalue weighted by atomic mass is 35.5. The Labute approximate surface area is 220 Å². The second-order valence-electron chi connectivity index (χ2n) is 9.49. The van der Waals surface area contributed by atoms with Crippen molar-refractivity contribution < 1.29 is 31.9 Å². The first kappa shape index (κ1) is 27.1. The van der Waals surface area contributed by atoms with E-state index in [1.807, 2.05) is 12.1 Å². The summed E-state index contributed by atoms with van der Waals surface area (Å²) in [4.78, 5) is 25.1. The van der Waals surface area contributed by atoms with Gasteiger partial charge in [-0.1, -0.05) is 44.5 Å². The van der Waals surface area contributed by atoms with Crippen LogP contribution in [0.25, 0.3) is 11.0 Å². The number of benzene rings is 3. The summed E-state index contributed by atoms with van der Waals surface area (Å²) in [7, 11) is 0. The molecule has 3 aromatic carbocycles. The molecule has 0 unspecified atom stereocenters. The molecule has 0 aliphatic heterocycles. The van der Waals surface area contributed by atoms with Crippen molar-refractivity contribution in [1.82, 2.24) is 0 Å². The molecule has 0 aliphatic rings. The van der Waals surface area contributed by atoms with Crippen LogP contribution >= 0.6 is 11.6 Å². The largest absolute Gasteiger partial charge is 0.484 e. The van der Waals surface area contributed by atoms with Crippen LogP contribution in [0, 0.1) is 0 Å². The molecule has 1 amide bonds. The van der Waals surface area contributed by atoms with Gasteiger partial charge in [-0.05, 0) is 53.4 Å². The SMILES string of the molecule is CC(C)(C)c1ccc(Oc2coc3cc(OCC(=O)Nc4cc(C(F)(F)F)ccc4Cl)ccc3c2=O)cc1. The van der Waals surface area contributed by atoms with Gasteiger partial charge >= 0.3 is 6.18 Å². The molecule has 4 aromatic rings. The van der Waals surface area contributed by atoms with E-state index in [2.05, 4.69) is 26.1 Å². The lowest BCUT2D eigenvalue weighted by Crippen LogP contribution is -2.20. The monoisotopic (exact) mass is 545 g/mol. The van der Waals surface area contributed by atoms with Crippen LogP contribution in [0.5, 0.6) is 17.2 Å². The minimum Gasteiger partial charge on any atom is -0.484 e. The summed E-state index contributed by atoms with van der Waals surface area (Å²) in [5.41, 5.74) is -0.242. The van der Waals surface area contributed by atoms with Crippen molar-refractivity contribution in [3.63, 3.8) is 0 Å². The number of carbonyl (C=O) groups excluding carboxylic acids is 1. The van der Waals surface area contributed by atoms with Crippen molar-refractivity contribution >= 4 is 34.2 Å². The molecule has 0 aliphatic carbocycles. The molecule has 1 aromatic heterocycles. The van der Waals surface area contributed by atoms with Crippen molar-refractivity contribution in [3.05, 3.63) is 93.3 Å². The summed E-state index contributed by atoms with van der Waals surface area (Å²) < 4.78 is 55.5. The van der Waals surface area contributed by atoms with Crippen molar-refractivity contribution in [3.8, 4) is 17.2 Å². The molecule has 0 fully saturated rings. The molecule has 0 atom stereocenters. The summed E-state index contributed by atoms with van der Waals surface area (Å²) in [5, 5.41) is 2.48. The molecule has 1 heterocycles. The van der Waals surface area contributed by atoms with Gasteiger partial charge in [-0.15, -0.1) is 0 Å². The molecule has 38 heavy (non-hydrogen) atoms. The van der Waals surface area contributed by atoms with Crippen molar-refractivity contribution in [2.45, 2.75) is 32.4 Å². The fraction of sp³-hybridized carbons (Fsp3) is 0.214. The summed E-state index contributed by atoms with van der Waals surface area (Å²) in [5.74, 6) is -0.0325. The van der Waals surface area contributed by atoms with Crippen LogP contribution < -0.4 is 20.2 Å². The van der Waals surface area contributed by atoms with Crippen molar-refractivity contribution in [2.75, 3.05) is 11.9 Å². The Kier molecular flexibility index (Phi) is 7.42. The number of ether oxygens (including phenoxy) is 2. The number of hydrogen-bond acceptors (Lipinski definition) is 5. The smallest absolute Gasteiger partial charge is 0.416 e. The van der Waals surface area contributed by atoms with E-state index in [0.717, 1.165) is 23.8 Å². The van der Waals surface area contributed by atoms with Gasteiger partial charge < -0.3 is 19.2 Å². The fourth-order valence-corrected chi connectivity index (χ4v) is 3.70. The predicted octanol–water partition coefficient (Wildman–Crippen LogP) is 7.57. The third-order valence-electron chi connectivity index (χ3n) is 5.60. The van der Waals surface area contributed by atoms with Gasteiger partial charge in [-0.25, -0.2) is 0 Å². The van der Waals surface area contributed by atoms with Gasteiger partial charge in [0.25, 0.3) is 5.91 Å².